The van der Waals surface area contributed by atoms with Crippen LogP contribution in [-0.2, 0) is 23.8 Å². The van der Waals surface area contributed by atoms with Gasteiger partial charge in [0, 0.05) is 24.9 Å². The molecule has 3 fully saturated rings. The fraction of sp³-hybridized carbons (Fsp3) is 0.579. The molecule has 0 amide bonds. The quantitative estimate of drug-likeness (QED) is 0.395. The summed E-state index contributed by atoms with van der Waals surface area (Å²) in [7, 11) is 2.12. The smallest absolute Gasteiger partial charge is 0.317 e. The molecule has 0 N–H and O–H groups in total. The van der Waals surface area contributed by atoms with E-state index in [1.54, 1.807) is 0 Å². The second-order valence-electron chi connectivity index (χ2n) is 7.18. The molecular weight excluding hydrogens is 402 g/mol. The molecule has 6 atom stereocenters. The average Bonchev–Trinajstić information content (AvgIpc) is 3.41. The van der Waals surface area contributed by atoms with Crippen LogP contribution in [0.1, 0.15) is 24.3 Å². The number of piperidine rings is 1. The summed E-state index contributed by atoms with van der Waals surface area (Å²) < 4.78 is 16.7. The Balaban J connectivity index is 1.42. The number of alkyl halides is 1. The summed E-state index contributed by atoms with van der Waals surface area (Å²) >= 11 is 3.07. The SMILES string of the molecule is CN1[C@@H]2C[C@@H](OC(=O)[C@H](COC(=O)CBr)c3ccccc3)C[C@H]1[C@@H]1O[C@@H]12. The lowest BCUT2D eigenvalue weighted by atomic mass is 9.97. The van der Waals surface area contributed by atoms with E-state index in [2.05, 4.69) is 27.9 Å². The van der Waals surface area contributed by atoms with E-state index in [-0.39, 0.29) is 24.0 Å². The average molecular weight is 424 g/mol. The number of benzene rings is 1. The van der Waals surface area contributed by atoms with E-state index in [1.807, 2.05) is 30.3 Å². The number of carbonyl (C=O) groups is 2. The third-order valence-corrected chi connectivity index (χ3v) is 6.12. The highest BCUT2D eigenvalue weighted by Gasteiger charge is 2.62. The first-order valence-electron chi connectivity index (χ1n) is 8.93. The molecule has 0 radical (unpaired) electrons. The van der Waals surface area contributed by atoms with Crippen molar-refractivity contribution < 1.29 is 23.8 Å². The molecule has 4 rings (SSSR count). The normalized spacial score (nSPS) is 33.2. The molecule has 0 saturated carbocycles. The maximum absolute atomic E-state index is 12.9. The highest BCUT2D eigenvalue weighted by atomic mass is 79.9. The van der Waals surface area contributed by atoms with Crippen molar-refractivity contribution in [1.82, 2.24) is 4.90 Å². The Morgan fingerprint density at radius 2 is 1.88 bits per heavy atom. The fourth-order valence-corrected chi connectivity index (χ4v) is 4.41. The van der Waals surface area contributed by atoms with Crippen LogP contribution >= 0.6 is 15.9 Å². The van der Waals surface area contributed by atoms with Crippen LogP contribution in [0.15, 0.2) is 30.3 Å². The first kappa shape index (κ1) is 17.9. The predicted molar refractivity (Wildman–Crippen MR) is 97.1 cm³/mol. The van der Waals surface area contributed by atoms with E-state index in [4.69, 9.17) is 14.2 Å². The number of likely N-dealkylation sites (N-methyl/N-ethyl adjacent to an activating group) is 1. The molecule has 140 valence electrons. The van der Waals surface area contributed by atoms with Crippen molar-refractivity contribution in [2.45, 2.75) is 49.2 Å². The maximum Gasteiger partial charge on any atom is 0.317 e. The molecule has 3 aliphatic rings. The van der Waals surface area contributed by atoms with E-state index in [0.29, 0.717) is 24.3 Å². The van der Waals surface area contributed by atoms with Crippen LogP contribution < -0.4 is 0 Å². The minimum atomic E-state index is -0.609. The van der Waals surface area contributed by atoms with E-state index in [9.17, 15) is 9.59 Å². The van der Waals surface area contributed by atoms with Gasteiger partial charge >= 0.3 is 11.9 Å². The number of morpholine rings is 1. The van der Waals surface area contributed by atoms with Gasteiger partial charge in [-0.05, 0) is 12.6 Å². The summed E-state index contributed by atoms with van der Waals surface area (Å²) in [5.41, 5.74) is 0.793. The molecule has 26 heavy (non-hydrogen) atoms. The molecule has 6 nitrogen and oxygen atoms in total. The van der Waals surface area contributed by atoms with Crippen molar-refractivity contribution in [1.29, 1.82) is 0 Å². The van der Waals surface area contributed by atoms with Crippen LogP contribution in [0.25, 0.3) is 0 Å². The number of ether oxygens (including phenoxy) is 3. The Bertz CT molecular complexity index is 666. The Kier molecular flexibility index (Phi) is 5.03. The molecule has 0 spiro atoms. The van der Waals surface area contributed by atoms with Gasteiger partial charge in [-0.2, -0.15) is 0 Å². The predicted octanol–water partition coefficient (Wildman–Crippen LogP) is 1.86. The molecule has 7 heteroatoms. The van der Waals surface area contributed by atoms with Gasteiger partial charge in [-0.1, -0.05) is 46.3 Å². The minimum Gasteiger partial charge on any atom is -0.464 e. The zero-order valence-electron chi connectivity index (χ0n) is 14.5. The van der Waals surface area contributed by atoms with Gasteiger partial charge in [0.05, 0.1) is 0 Å². The Morgan fingerprint density at radius 3 is 2.50 bits per heavy atom. The van der Waals surface area contributed by atoms with E-state index in [1.165, 1.54) is 0 Å². The number of hydrogen-bond acceptors (Lipinski definition) is 6. The van der Waals surface area contributed by atoms with Gasteiger partial charge in [0.15, 0.2) is 0 Å². The zero-order chi connectivity index (χ0) is 18.3. The van der Waals surface area contributed by atoms with E-state index < -0.39 is 11.9 Å². The van der Waals surface area contributed by atoms with Crippen LogP contribution in [-0.4, -0.2) is 66.2 Å². The number of carbonyl (C=O) groups excluding carboxylic acids is 2. The molecule has 2 bridgehead atoms. The monoisotopic (exact) mass is 423 g/mol. The van der Waals surface area contributed by atoms with E-state index >= 15 is 0 Å². The third kappa shape index (κ3) is 3.40. The molecule has 3 aliphatic heterocycles. The van der Waals surface area contributed by atoms with Crippen molar-refractivity contribution >= 4 is 27.9 Å². The lowest BCUT2D eigenvalue weighted by molar-refractivity contribution is -0.158. The number of epoxide rings is 1. The summed E-state index contributed by atoms with van der Waals surface area (Å²) in [6.07, 6.45) is 2.09. The Labute approximate surface area is 160 Å². The lowest BCUT2D eigenvalue weighted by Gasteiger charge is -2.38. The van der Waals surface area contributed by atoms with Crippen molar-refractivity contribution in [2.75, 3.05) is 19.0 Å². The van der Waals surface area contributed by atoms with Gasteiger partial charge in [0.2, 0.25) is 0 Å². The second kappa shape index (κ2) is 7.29. The van der Waals surface area contributed by atoms with Gasteiger partial charge in [-0.25, -0.2) is 0 Å². The highest BCUT2D eigenvalue weighted by Crippen LogP contribution is 2.48. The Hall–Kier alpha value is -1.44. The number of fused-ring (bicyclic) bond motifs is 5. The van der Waals surface area contributed by atoms with Crippen molar-refractivity contribution in [3.05, 3.63) is 35.9 Å². The minimum absolute atomic E-state index is 0.0128. The van der Waals surface area contributed by atoms with Crippen LogP contribution in [0.3, 0.4) is 0 Å². The maximum atomic E-state index is 12.9. The van der Waals surface area contributed by atoms with Crippen molar-refractivity contribution in [3.63, 3.8) is 0 Å². The zero-order valence-corrected chi connectivity index (χ0v) is 16.1. The number of halogens is 1. The Morgan fingerprint density at radius 1 is 1.23 bits per heavy atom. The lowest BCUT2D eigenvalue weighted by Crippen LogP contribution is -2.48. The standard InChI is InChI=1S/C19H22BrNO5/c1-21-14-7-12(8-15(21)18-17(14)26-18)25-19(23)13(10-24-16(22)9-20)11-5-3-2-4-6-11/h2-6,12-15,17-18H,7-10H2,1H3/t12-,13-,14-,15+,17-,18+/m1/s1. The molecule has 1 aromatic rings. The number of esters is 2. The molecule has 0 aromatic heterocycles. The summed E-state index contributed by atoms with van der Waals surface area (Å²) in [4.78, 5) is 26.7. The topological polar surface area (TPSA) is 68.4 Å². The summed E-state index contributed by atoms with van der Waals surface area (Å²) in [6.45, 7) is -0.0128. The van der Waals surface area contributed by atoms with Gasteiger partial charge in [0.1, 0.15) is 36.2 Å². The molecule has 1 aromatic carbocycles. The molecule has 3 heterocycles. The fourth-order valence-electron chi connectivity index (χ4n) is 4.24. The third-order valence-electron chi connectivity index (χ3n) is 5.66. The van der Waals surface area contributed by atoms with E-state index in [0.717, 1.165) is 18.4 Å². The molecular formula is C19H22BrNO5. The number of nitrogens with zero attached hydrogens (tertiary/aromatic N) is 1. The second-order valence-corrected chi connectivity index (χ2v) is 7.74. The molecule has 3 saturated heterocycles. The first-order chi connectivity index (χ1) is 12.6. The summed E-state index contributed by atoms with van der Waals surface area (Å²) in [6, 6.07) is 9.99. The van der Waals surface area contributed by atoms with Gasteiger partial charge in [0.25, 0.3) is 0 Å². The van der Waals surface area contributed by atoms with Gasteiger partial charge in [-0.15, -0.1) is 0 Å². The van der Waals surface area contributed by atoms with Crippen LogP contribution in [0, 0.1) is 0 Å². The number of rotatable bonds is 6. The number of hydrogen-bond donors (Lipinski definition) is 0. The van der Waals surface area contributed by atoms with Crippen LogP contribution in [0.4, 0.5) is 0 Å². The van der Waals surface area contributed by atoms with Gasteiger partial charge in [-0.3, -0.25) is 14.5 Å². The van der Waals surface area contributed by atoms with Crippen LogP contribution in [0.2, 0.25) is 0 Å². The summed E-state index contributed by atoms with van der Waals surface area (Å²) in [5, 5.41) is 0.102. The highest BCUT2D eigenvalue weighted by molar-refractivity contribution is 9.09. The van der Waals surface area contributed by atoms with Crippen molar-refractivity contribution in [2.24, 2.45) is 0 Å². The first-order valence-corrected chi connectivity index (χ1v) is 10.0. The molecule has 0 unspecified atom stereocenters. The largest absolute Gasteiger partial charge is 0.464 e. The van der Waals surface area contributed by atoms with Gasteiger partial charge < -0.3 is 14.2 Å². The van der Waals surface area contributed by atoms with Crippen molar-refractivity contribution in [3.8, 4) is 0 Å². The van der Waals surface area contributed by atoms with Crippen LogP contribution in [0.5, 0.6) is 0 Å². The molecule has 0 aliphatic carbocycles. The summed E-state index contributed by atoms with van der Waals surface area (Å²) in [5.74, 6) is -1.34.